The van der Waals surface area contributed by atoms with Crippen molar-refractivity contribution in [3.8, 4) is 17.2 Å². The van der Waals surface area contributed by atoms with Gasteiger partial charge in [0, 0.05) is 64.2 Å². The van der Waals surface area contributed by atoms with Crippen LogP contribution in [0.15, 0.2) is 36.4 Å². The molecule has 0 unspecified atom stereocenters. The molecular weight excluding hydrogens is 552 g/mol. The maximum atomic E-state index is 14.1. The summed E-state index contributed by atoms with van der Waals surface area (Å²) in [4.78, 5) is 32.5. The van der Waals surface area contributed by atoms with Crippen LogP contribution in [0.2, 0.25) is 0 Å². The van der Waals surface area contributed by atoms with Crippen molar-refractivity contribution in [2.75, 3.05) is 64.5 Å². The number of benzene rings is 2. The molecule has 236 valence electrons. The average molecular weight is 599 g/mol. The second kappa shape index (κ2) is 14.7. The van der Waals surface area contributed by atoms with Crippen molar-refractivity contribution in [1.82, 2.24) is 9.80 Å². The van der Waals surface area contributed by atoms with Crippen molar-refractivity contribution in [2.24, 2.45) is 5.92 Å². The first-order valence-corrected chi connectivity index (χ1v) is 15.0. The number of ether oxygens (including phenoxy) is 4. The Morgan fingerprint density at radius 1 is 1.07 bits per heavy atom. The van der Waals surface area contributed by atoms with E-state index in [0.717, 1.165) is 24.9 Å². The third-order valence-corrected chi connectivity index (χ3v) is 7.98. The maximum Gasteiger partial charge on any atom is 0.321 e. The summed E-state index contributed by atoms with van der Waals surface area (Å²) in [5.74, 6) is 1.40. The van der Waals surface area contributed by atoms with Gasteiger partial charge < -0.3 is 44.1 Å². The Morgan fingerprint density at radius 3 is 2.56 bits per heavy atom. The molecular formula is C32H46N4O7. The van der Waals surface area contributed by atoms with E-state index in [1.807, 2.05) is 58.0 Å². The van der Waals surface area contributed by atoms with Crippen molar-refractivity contribution < 1.29 is 33.6 Å². The van der Waals surface area contributed by atoms with Gasteiger partial charge in [-0.15, -0.1) is 0 Å². The molecule has 2 heterocycles. The van der Waals surface area contributed by atoms with Crippen molar-refractivity contribution in [2.45, 2.75) is 58.3 Å². The molecule has 0 aliphatic carbocycles. The van der Waals surface area contributed by atoms with Crippen LogP contribution in [0.4, 0.5) is 16.2 Å². The van der Waals surface area contributed by atoms with Crippen LogP contribution in [0, 0.1) is 5.92 Å². The molecule has 0 bridgehead atoms. The number of urea groups is 1. The lowest BCUT2D eigenvalue weighted by molar-refractivity contribution is -0.0115. The molecule has 43 heavy (non-hydrogen) atoms. The summed E-state index contributed by atoms with van der Waals surface area (Å²) >= 11 is 0. The number of anilines is 2. The van der Waals surface area contributed by atoms with Gasteiger partial charge in [-0.2, -0.15) is 0 Å². The van der Waals surface area contributed by atoms with Gasteiger partial charge in [-0.05, 0) is 63.4 Å². The minimum Gasteiger partial charge on any atom is -0.490 e. The van der Waals surface area contributed by atoms with Crippen LogP contribution in [0.3, 0.4) is 0 Å². The second-order valence-corrected chi connectivity index (χ2v) is 11.8. The predicted molar refractivity (Wildman–Crippen MR) is 165 cm³/mol. The number of nitrogens with one attached hydrogen (secondary N) is 1. The highest BCUT2D eigenvalue weighted by Gasteiger charge is 2.31. The number of fused-ring (bicyclic) bond motifs is 2. The van der Waals surface area contributed by atoms with Gasteiger partial charge >= 0.3 is 6.03 Å². The molecule has 3 amide bonds. The topological polar surface area (TPSA) is 113 Å². The molecule has 0 radical (unpaired) electrons. The number of amides is 3. The maximum absolute atomic E-state index is 14.1. The highest BCUT2D eigenvalue weighted by molar-refractivity contribution is 5.98. The zero-order valence-electron chi connectivity index (χ0n) is 26.2. The van der Waals surface area contributed by atoms with E-state index in [2.05, 4.69) is 5.32 Å². The summed E-state index contributed by atoms with van der Waals surface area (Å²) < 4.78 is 23.4. The first-order valence-electron chi connectivity index (χ1n) is 15.0. The first kappa shape index (κ1) is 32.2. The van der Waals surface area contributed by atoms with Crippen LogP contribution in [0.1, 0.15) is 50.4 Å². The Morgan fingerprint density at radius 2 is 1.81 bits per heavy atom. The molecule has 0 saturated carbocycles. The first-order chi connectivity index (χ1) is 20.6. The normalized spacial score (nSPS) is 21.7. The van der Waals surface area contributed by atoms with Gasteiger partial charge in [0.15, 0.2) is 11.5 Å². The van der Waals surface area contributed by atoms with Gasteiger partial charge in [0.05, 0.1) is 30.4 Å². The van der Waals surface area contributed by atoms with E-state index in [0.29, 0.717) is 48.2 Å². The van der Waals surface area contributed by atoms with Gasteiger partial charge in [-0.3, -0.25) is 4.79 Å². The van der Waals surface area contributed by atoms with Gasteiger partial charge in [0.1, 0.15) is 5.75 Å². The van der Waals surface area contributed by atoms with Crippen molar-refractivity contribution in [3.63, 3.8) is 0 Å². The SMILES string of the molecule is C[C@H](CO)N1C[C@H](C)[C@@H](CN(C)C(=O)Nc2ccc3c(c2)OCO3)OCCCC[C@H](C)Oc2ccc(N(C)C)cc2C1=O. The number of nitrogens with zero attached hydrogens (tertiary/aromatic N) is 3. The fraction of sp³-hybridized carbons (Fsp3) is 0.562. The number of aliphatic hydroxyl groups excluding tert-OH is 1. The van der Waals surface area contributed by atoms with Gasteiger partial charge in [0.2, 0.25) is 6.79 Å². The Kier molecular flexibility index (Phi) is 11.0. The number of hydrogen-bond donors (Lipinski definition) is 2. The average Bonchev–Trinajstić information content (AvgIpc) is 3.45. The smallest absolute Gasteiger partial charge is 0.321 e. The number of carbonyl (C=O) groups is 2. The molecule has 0 fully saturated rings. The van der Waals surface area contributed by atoms with Crippen LogP contribution in [0.5, 0.6) is 17.2 Å². The van der Waals surface area contributed by atoms with Crippen molar-refractivity contribution in [3.05, 3.63) is 42.0 Å². The Hall–Kier alpha value is -3.70. The lowest BCUT2D eigenvalue weighted by Crippen LogP contribution is -2.48. The van der Waals surface area contributed by atoms with Gasteiger partial charge in [0.25, 0.3) is 5.91 Å². The monoisotopic (exact) mass is 598 g/mol. The standard InChI is InChI=1S/C32H46N4O7/c1-21-17-36(22(2)19-37)31(38)26-16-25(34(4)5)11-13-27(26)43-23(3)9-7-8-14-40-30(21)18-35(6)32(39)33-24-10-12-28-29(15-24)42-20-41-28/h10-13,15-16,21-23,30,37H,7-9,14,17-20H2,1-6H3,(H,33,39)/t21-,22+,23-,30+/m0/s1. The highest BCUT2D eigenvalue weighted by Crippen LogP contribution is 2.34. The Labute approximate surface area is 254 Å². The highest BCUT2D eigenvalue weighted by atomic mass is 16.7. The van der Waals surface area contributed by atoms with E-state index in [1.54, 1.807) is 35.0 Å². The quantitative estimate of drug-likeness (QED) is 0.502. The number of rotatable bonds is 6. The summed E-state index contributed by atoms with van der Waals surface area (Å²) in [6.45, 7) is 6.97. The van der Waals surface area contributed by atoms with Crippen molar-refractivity contribution in [1.29, 1.82) is 0 Å². The molecule has 0 spiro atoms. The van der Waals surface area contributed by atoms with E-state index >= 15 is 0 Å². The van der Waals surface area contributed by atoms with Crippen molar-refractivity contribution >= 4 is 23.3 Å². The summed E-state index contributed by atoms with van der Waals surface area (Å²) in [6, 6.07) is 10.2. The molecule has 2 aliphatic heterocycles. The molecule has 4 atom stereocenters. The fourth-order valence-electron chi connectivity index (χ4n) is 5.20. The molecule has 11 nitrogen and oxygen atoms in total. The zero-order valence-corrected chi connectivity index (χ0v) is 26.2. The lowest BCUT2D eigenvalue weighted by atomic mass is 10.0. The van der Waals surface area contributed by atoms with E-state index in [-0.39, 0.29) is 43.5 Å². The summed E-state index contributed by atoms with van der Waals surface area (Å²) in [6.07, 6.45) is 2.10. The third-order valence-electron chi connectivity index (χ3n) is 7.98. The molecule has 0 aromatic heterocycles. The summed E-state index contributed by atoms with van der Waals surface area (Å²) in [5, 5.41) is 13.0. The molecule has 2 N–H and O–H groups in total. The summed E-state index contributed by atoms with van der Waals surface area (Å²) in [7, 11) is 5.58. The van der Waals surface area contributed by atoms with E-state index < -0.39 is 6.04 Å². The van der Waals surface area contributed by atoms with Crippen LogP contribution < -0.4 is 24.4 Å². The van der Waals surface area contributed by atoms with Crippen LogP contribution in [-0.4, -0.2) is 99.3 Å². The van der Waals surface area contributed by atoms with E-state index in [9.17, 15) is 14.7 Å². The third kappa shape index (κ3) is 8.23. The number of aliphatic hydroxyl groups is 1. The molecule has 2 aromatic rings. The fourth-order valence-corrected chi connectivity index (χ4v) is 5.20. The zero-order chi connectivity index (χ0) is 31.1. The Bertz CT molecular complexity index is 1260. The number of hydrogen-bond acceptors (Lipinski definition) is 8. The van der Waals surface area contributed by atoms with Crippen LogP contribution in [0.25, 0.3) is 0 Å². The largest absolute Gasteiger partial charge is 0.490 e. The molecule has 2 aliphatic rings. The van der Waals surface area contributed by atoms with E-state index in [4.69, 9.17) is 18.9 Å². The number of carbonyl (C=O) groups excluding carboxylic acids is 2. The second-order valence-electron chi connectivity index (χ2n) is 11.8. The Balaban J connectivity index is 1.55. The minimum absolute atomic E-state index is 0.0934. The van der Waals surface area contributed by atoms with E-state index in [1.165, 1.54) is 0 Å². The lowest BCUT2D eigenvalue weighted by Gasteiger charge is -2.36. The van der Waals surface area contributed by atoms with Gasteiger partial charge in [-0.25, -0.2) is 4.79 Å². The molecule has 0 saturated heterocycles. The summed E-state index contributed by atoms with van der Waals surface area (Å²) in [5.41, 5.74) is 1.94. The molecule has 11 heteroatoms. The predicted octanol–water partition coefficient (Wildman–Crippen LogP) is 4.44. The molecule has 2 aromatic carbocycles. The molecule has 4 rings (SSSR count). The van der Waals surface area contributed by atoms with Gasteiger partial charge in [-0.1, -0.05) is 6.92 Å². The van der Waals surface area contributed by atoms with Crippen LogP contribution >= 0.6 is 0 Å². The minimum atomic E-state index is -0.441. The van der Waals surface area contributed by atoms with Crippen LogP contribution in [-0.2, 0) is 4.74 Å². The number of likely N-dealkylation sites (N-methyl/N-ethyl adjacent to an activating group) is 1.